The van der Waals surface area contributed by atoms with Crippen LogP contribution in [0.25, 0.3) is 0 Å². The van der Waals surface area contributed by atoms with Gasteiger partial charge in [-0.2, -0.15) is 0 Å². The molecule has 0 unspecified atom stereocenters. The van der Waals surface area contributed by atoms with Gasteiger partial charge in [0, 0.05) is 30.8 Å². The van der Waals surface area contributed by atoms with Gasteiger partial charge in [-0.05, 0) is 0 Å². The number of carbonyl (C=O) groups excluding carboxylic acids is 1. The van der Waals surface area contributed by atoms with Gasteiger partial charge in [-0.3, -0.25) is 0 Å². The molecule has 2 amide bonds. The number of amides is 2. The van der Waals surface area contributed by atoms with Crippen LogP contribution in [0.1, 0.15) is 21.2 Å². The third kappa shape index (κ3) is 4.50. The molecule has 7 nitrogen and oxygen atoms in total. The summed E-state index contributed by atoms with van der Waals surface area (Å²) in [6, 6.07) is -0.196. The Hall–Kier alpha value is -2.00. The van der Waals surface area contributed by atoms with Gasteiger partial charge in [-0.1, -0.05) is 0 Å². The van der Waals surface area contributed by atoms with Crippen molar-refractivity contribution in [1.29, 1.82) is 0 Å². The topological polar surface area (TPSA) is 95.4 Å². The molecule has 2 rings (SSSR count). The fourth-order valence-corrected chi connectivity index (χ4v) is 2.89. The Morgan fingerprint density at radius 2 is 2.24 bits per heavy atom. The summed E-state index contributed by atoms with van der Waals surface area (Å²) in [5, 5.41) is 15.6. The number of aromatic nitrogens is 2. The molecule has 2 aromatic heterocycles. The van der Waals surface area contributed by atoms with Gasteiger partial charge in [-0.25, -0.2) is 19.6 Å². The first-order valence-corrected chi connectivity index (χ1v) is 7.92. The van der Waals surface area contributed by atoms with Crippen molar-refractivity contribution in [1.82, 2.24) is 20.2 Å². The van der Waals surface area contributed by atoms with Gasteiger partial charge < -0.3 is 15.3 Å². The quantitative estimate of drug-likeness (QED) is 0.842. The summed E-state index contributed by atoms with van der Waals surface area (Å²) in [5.41, 5.74) is 2.62. The minimum atomic E-state index is -1.04. The molecule has 21 heavy (non-hydrogen) atoms. The van der Waals surface area contributed by atoms with Crippen LogP contribution in [0.4, 0.5) is 4.79 Å². The number of aromatic carboxylic acids is 1. The van der Waals surface area contributed by atoms with E-state index in [0.717, 1.165) is 5.69 Å². The number of nitrogens with zero attached hydrogens (tertiary/aromatic N) is 3. The van der Waals surface area contributed by atoms with Crippen LogP contribution in [-0.2, 0) is 13.0 Å². The molecule has 0 radical (unpaired) electrons. The van der Waals surface area contributed by atoms with Crippen molar-refractivity contribution in [2.45, 2.75) is 13.0 Å². The lowest BCUT2D eigenvalue weighted by Gasteiger charge is -2.16. The zero-order chi connectivity index (χ0) is 15.2. The summed E-state index contributed by atoms with van der Waals surface area (Å²) in [5.74, 6) is -1.04. The molecule has 0 aromatic carbocycles. The molecular weight excluding hydrogens is 312 g/mol. The van der Waals surface area contributed by atoms with Crippen molar-refractivity contribution in [3.63, 3.8) is 0 Å². The van der Waals surface area contributed by atoms with Crippen molar-refractivity contribution in [2.24, 2.45) is 0 Å². The fourth-order valence-electron chi connectivity index (χ4n) is 1.57. The van der Waals surface area contributed by atoms with E-state index in [-0.39, 0.29) is 11.7 Å². The van der Waals surface area contributed by atoms with Gasteiger partial charge in [0.25, 0.3) is 0 Å². The molecule has 2 aromatic rings. The van der Waals surface area contributed by atoms with Gasteiger partial charge in [-0.15, -0.1) is 22.7 Å². The zero-order valence-corrected chi connectivity index (χ0v) is 12.9. The van der Waals surface area contributed by atoms with E-state index in [4.69, 9.17) is 5.11 Å². The van der Waals surface area contributed by atoms with Gasteiger partial charge >= 0.3 is 12.0 Å². The number of urea groups is 1. The Bertz CT molecular complexity index is 612. The van der Waals surface area contributed by atoms with Crippen molar-refractivity contribution < 1.29 is 14.7 Å². The second kappa shape index (κ2) is 7.14. The van der Waals surface area contributed by atoms with E-state index < -0.39 is 5.97 Å². The normalized spacial score (nSPS) is 10.3. The second-order valence-electron chi connectivity index (χ2n) is 4.25. The number of carboxylic acids is 1. The molecule has 2 heterocycles. The van der Waals surface area contributed by atoms with E-state index in [2.05, 4.69) is 15.3 Å². The van der Waals surface area contributed by atoms with Crippen LogP contribution in [-0.4, -0.2) is 45.6 Å². The third-order valence-corrected chi connectivity index (χ3v) is 4.16. The highest BCUT2D eigenvalue weighted by Gasteiger charge is 2.11. The lowest BCUT2D eigenvalue weighted by atomic mass is 10.4. The molecule has 9 heteroatoms. The lowest BCUT2D eigenvalue weighted by molar-refractivity contribution is 0.0691. The number of nitrogens with one attached hydrogen (secondary N) is 1. The van der Waals surface area contributed by atoms with Gasteiger partial charge in [0.1, 0.15) is 0 Å². The largest absolute Gasteiger partial charge is 0.476 e. The summed E-state index contributed by atoms with van der Waals surface area (Å²) in [6.07, 6.45) is 0.508. The van der Waals surface area contributed by atoms with Gasteiger partial charge in [0.15, 0.2) is 5.69 Å². The first-order chi connectivity index (χ1) is 10.1. The molecular formula is C12H14N4O3S2. The molecule has 0 fully saturated rings. The van der Waals surface area contributed by atoms with Crippen LogP contribution in [0.2, 0.25) is 0 Å². The molecule has 0 saturated carbocycles. The van der Waals surface area contributed by atoms with E-state index in [1.165, 1.54) is 28.1 Å². The summed E-state index contributed by atoms with van der Waals surface area (Å²) < 4.78 is 0. The predicted octanol–water partition coefficient (Wildman–Crippen LogP) is 1.68. The predicted molar refractivity (Wildman–Crippen MR) is 79.8 cm³/mol. The highest BCUT2D eigenvalue weighted by atomic mass is 32.1. The van der Waals surface area contributed by atoms with Crippen molar-refractivity contribution in [3.05, 3.63) is 32.7 Å². The molecule has 0 spiro atoms. The van der Waals surface area contributed by atoms with E-state index in [9.17, 15) is 9.59 Å². The monoisotopic (exact) mass is 326 g/mol. The Morgan fingerprint density at radius 3 is 2.86 bits per heavy atom. The summed E-state index contributed by atoms with van der Waals surface area (Å²) in [6.45, 7) is 0.864. The maximum atomic E-state index is 11.9. The molecule has 0 aliphatic rings. The Labute approximate surface area is 129 Å². The standard InChI is InChI=1S/C12H14N4O3S2/c1-16(4-8-5-20-7-14-8)12(19)13-3-2-10-15-9(6-21-10)11(17)18/h5-7H,2-4H2,1H3,(H,13,19)(H,17,18). The van der Waals surface area contributed by atoms with Crippen molar-refractivity contribution >= 4 is 34.7 Å². The fraction of sp³-hybridized carbons (Fsp3) is 0.333. The number of thiazole rings is 2. The Balaban J connectivity index is 1.74. The SMILES string of the molecule is CN(Cc1cscn1)C(=O)NCCc1nc(C(=O)O)cs1. The van der Waals surface area contributed by atoms with Crippen LogP contribution in [0, 0.1) is 0 Å². The van der Waals surface area contributed by atoms with Crippen molar-refractivity contribution in [3.8, 4) is 0 Å². The van der Waals surface area contributed by atoms with Crippen LogP contribution in [0.5, 0.6) is 0 Å². The van der Waals surface area contributed by atoms with E-state index in [1.54, 1.807) is 17.5 Å². The molecule has 0 aliphatic carbocycles. The number of carbonyl (C=O) groups is 2. The van der Waals surface area contributed by atoms with Crippen molar-refractivity contribution in [2.75, 3.05) is 13.6 Å². The molecule has 2 N–H and O–H groups in total. The number of carboxylic acid groups (broad SMARTS) is 1. The van der Waals surface area contributed by atoms with E-state index in [0.29, 0.717) is 24.5 Å². The molecule has 112 valence electrons. The van der Waals surface area contributed by atoms with Crippen LogP contribution in [0.3, 0.4) is 0 Å². The molecule has 0 bridgehead atoms. The highest BCUT2D eigenvalue weighted by Crippen LogP contribution is 2.10. The smallest absolute Gasteiger partial charge is 0.355 e. The first kappa shape index (κ1) is 15.4. The molecule has 0 atom stereocenters. The summed E-state index contributed by atoms with van der Waals surface area (Å²) >= 11 is 2.76. The van der Waals surface area contributed by atoms with Crippen LogP contribution < -0.4 is 5.32 Å². The average Bonchev–Trinajstić information content (AvgIpc) is 3.09. The Morgan fingerprint density at radius 1 is 1.43 bits per heavy atom. The second-order valence-corrected chi connectivity index (χ2v) is 5.91. The number of hydrogen-bond acceptors (Lipinski definition) is 6. The maximum Gasteiger partial charge on any atom is 0.355 e. The van der Waals surface area contributed by atoms with E-state index in [1.807, 2.05) is 5.38 Å². The summed E-state index contributed by atoms with van der Waals surface area (Å²) in [4.78, 5) is 32.2. The van der Waals surface area contributed by atoms with Crippen LogP contribution in [0.15, 0.2) is 16.3 Å². The highest BCUT2D eigenvalue weighted by molar-refractivity contribution is 7.09. The average molecular weight is 326 g/mol. The molecule has 0 saturated heterocycles. The first-order valence-electron chi connectivity index (χ1n) is 6.10. The maximum absolute atomic E-state index is 11.9. The summed E-state index contributed by atoms with van der Waals surface area (Å²) in [7, 11) is 1.70. The Kier molecular flexibility index (Phi) is 5.23. The minimum Gasteiger partial charge on any atom is -0.476 e. The third-order valence-electron chi connectivity index (χ3n) is 2.62. The van der Waals surface area contributed by atoms with Crippen LogP contribution >= 0.6 is 22.7 Å². The van der Waals surface area contributed by atoms with E-state index >= 15 is 0 Å². The minimum absolute atomic E-state index is 0.0435. The molecule has 0 aliphatic heterocycles. The lowest BCUT2D eigenvalue weighted by Crippen LogP contribution is -2.37. The van der Waals surface area contributed by atoms with Gasteiger partial charge in [0.2, 0.25) is 0 Å². The number of hydrogen-bond donors (Lipinski definition) is 2. The van der Waals surface area contributed by atoms with Gasteiger partial charge in [0.05, 0.1) is 22.8 Å². The number of rotatable bonds is 6. The zero-order valence-electron chi connectivity index (χ0n) is 11.3.